The summed E-state index contributed by atoms with van der Waals surface area (Å²) in [5.41, 5.74) is 5.26. The largest absolute Gasteiger partial charge is 0.495 e. The molecule has 0 aliphatic carbocycles. The van der Waals surface area contributed by atoms with E-state index < -0.39 is 0 Å². The fourth-order valence-corrected chi connectivity index (χ4v) is 4.80. The van der Waals surface area contributed by atoms with Crippen molar-refractivity contribution in [3.8, 4) is 11.4 Å². The second-order valence-electron chi connectivity index (χ2n) is 7.74. The lowest BCUT2D eigenvalue weighted by Gasteiger charge is -2.30. The van der Waals surface area contributed by atoms with Crippen molar-refractivity contribution in [2.45, 2.75) is 19.0 Å². The highest BCUT2D eigenvalue weighted by molar-refractivity contribution is 7.80. The molecule has 1 aliphatic rings. The summed E-state index contributed by atoms with van der Waals surface area (Å²) >= 11 is 5.87. The Hall–Kier alpha value is -3.64. The SMILES string of the molecule is COc1ccccc1N1C(=S)N[C@H](c2ccccn2)[C@@H]1c1ccc(C)n1-c1ccccc1. The van der Waals surface area contributed by atoms with Crippen LogP contribution < -0.4 is 15.0 Å². The number of nitrogens with zero attached hydrogens (tertiary/aromatic N) is 3. The molecule has 1 saturated heterocycles. The third kappa shape index (κ3) is 3.42. The molecule has 0 saturated carbocycles. The Labute approximate surface area is 193 Å². The van der Waals surface area contributed by atoms with Crippen molar-refractivity contribution in [3.63, 3.8) is 0 Å². The molecular formula is C26H24N4OS. The molecule has 6 heteroatoms. The van der Waals surface area contributed by atoms with Crippen molar-refractivity contribution >= 4 is 23.0 Å². The van der Waals surface area contributed by atoms with Gasteiger partial charge in [-0.3, -0.25) is 4.98 Å². The third-order valence-electron chi connectivity index (χ3n) is 5.87. The molecule has 160 valence electrons. The molecule has 0 spiro atoms. The van der Waals surface area contributed by atoms with E-state index in [1.54, 1.807) is 7.11 Å². The van der Waals surface area contributed by atoms with Crippen LogP contribution in [0.5, 0.6) is 5.75 Å². The van der Waals surface area contributed by atoms with Gasteiger partial charge in [-0.25, -0.2) is 0 Å². The molecule has 0 radical (unpaired) electrons. The van der Waals surface area contributed by atoms with Gasteiger partial charge in [-0.2, -0.15) is 0 Å². The van der Waals surface area contributed by atoms with Gasteiger partial charge in [0.2, 0.25) is 0 Å². The van der Waals surface area contributed by atoms with E-state index in [1.807, 2.05) is 54.7 Å². The average Bonchev–Trinajstić information content (AvgIpc) is 3.39. The van der Waals surface area contributed by atoms with Crippen LogP contribution in [0.3, 0.4) is 0 Å². The zero-order valence-corrected chi connectivity index (χ0v) is 18.8. The van der Waals surface area contributed by atoms with Crippen molar-refractivity contribution < 1.29 is 4.74 Å². The van der Waals surface area contributed by atoms with Gasteiger partial charge in [0.15, 0.2) is 5.11 Å². The lowest BCUT2D eigenvalue weighted by atomic mass is 10.0. The van der Waals surface area contributed by atoms with E-state index in [-0.39, 0.29) is 12.1 Å². The van der Waals surface area contributed by atoms with Gasteiger partial charge in [0.25, 0.3) is 0 Å². The number of nitrogens with one attached hydrogen (secondary N) is 1. The molecule has 2 aromatic heterocycles. The van der Waals surface area contributed by atoms with Crippen LogP contribution in [0.1, 0.15) is 29.2 Å². The molecule has 0 bridgehead atoms. The Bertz CT molecular complexity index is 1240. The molecule has 5 nitrogen and oxygen atoms in total. The number of thiocarbonyl (C=S) groups is 1. The van der Waals surface area contributed by atoms with Gasteiger partial charge < -0.3 is 19.5 Å². The molecule has 3 heterocycles. The van der Waals surface area contributed by atoms with Gasteiger partial charge in [-0.15, -0.1) is 0 Å². The van der Waals surface area contributed by atoms with Crippen molar-refractivity contribution in [2.24, 2.45) is 0 Å². The summed E-state index contributed by atoms with van der Waals surface area (Å²) in [6.45, 7) is 2.13. The van der Waals surface area contributed by atoms with Crippen LogP contribution in [0.2, 0.25) is 0 Å². The summed E-state index contributed by atoms with van der Waals surface area (Å²) in [7, 11) is 1.69. The maximum atomic E-state index is 5.87. The van der Waals surface area contributed by atoms with Gasteiger partial charge in [0.1, 0.15) is 11.8 Å². The summed E-state index contributed by atoms with van der Waals surface area (Å²) in [5, 5.41) is 4.18. The Morgan fingerprint density at radius 2 is 1.66 bits per heavy atom. The predicted molar refractivity (Wildman–Crippen MR) is 131 cm³/mol. The monoisotopic (exact) mass is 440 g/mol. The fourth-order valence-electron chi connectivity index (χ4n) is 4.46. The molecule has 1 fully saturated rings. The maximum absolute atomic E-state index is 5.87. The molecule has 4 aromatic rings. The molecule has 1 aliphatic heterocycles. The molecular weight excluding hydrogens is 416 g/mol. The standard InChI is InChI=1S/C26H24N4OS/c1-18-15-16-22(29(18)19-10-4-3-5-11-19)25-24(20-12-8-9-17-27-20)28-26(32)30(25)21-13-6-7-14-23(21)31-2/h3-17,24-25H,1-2H3,(H,28,32)/t24-,25+/m1/s1. The molecule has 32 heavy (non-hydrogen) atoms. The number of rotatable bonds is 5. The highest BCUT2D eigenvalue weighted by Gasteiger charge is 2.43. The van der Waals surface area contributed by atoms with Crippen LogP contribution in [0.4, 0.5) is 5.69 Å². The Morgan fingerprint density at radius 3 is 2.41 bits per heavy atom. The lowest BCUT2D eigenvalue weighted by Crippen LogP contribution is -2.30. The highest BCUT2D eigenvalue weighted by Crippen LogP contribution is 2.45. The number of hydrogen-bond donors (Lipinski definition) is 1. The van der Waals surface area contributed by atoms with E-state index in [0.717, 1.165) is 34.2 Å². The molecule has 2 aromatic carbocycles. The Balaban J connectivity index is 1.72. The number of pyridine rings is 1. The maximum Gasteiger partial charge on any atom is 0.174 e. The quantitative estimate of drug-likeness (QED) is 0.423. The number of methoxy groups -OCH3 is 1. The summed E-state index contributed by atoms with van der Waals surface area (Å²) in [5.74, 6) is 0.776. The fraction of sp³-hybridized carbons (Fsp3) is 0.154. The summed E-state index contributed by atoms with van der Waals surface area (Å²) in [6.07, 6.45) is 1.82. The average molecular weight is 441 g/mol. The van der Waals surface area contributed by atoms with Gasteiger partial charge in [-0.05, 0) is 67.7 Å². The minimum absolute atomic E-state index is 0.120. The number of aromatic nitrogens is 2. The van der Waals surface area contributed by atoms with Crippen LogP contribution in [0.15, 0.2) is 91.1 Å². The van der Waals surface area contributed by atoms with Crippen LogP contribution in [0, 0.1) is 6.92 Å². The smallest absolute Gasteiger partial charge is 0.174 e. The van der Waals surface area contributed by atoms with E-state index in [9.17, 15) is 0 Å². The van der Waals surface area contributed by atoms with Crippen molar-refractivity contribution in [3.05, 3.63) is 108 Å². The zero-order chi connectivity index (χ0) is 22.1. The van der Waals surface area contributed by atoms with Gasteiger partial charge in [-0.1, -0.05) is 36.4 Å². The zero-order valence-electron chi connectivity index (χ0n) is 18.0. The minimum atomic E-state index is -0.123. The summed E-state index contributed by atoms with van der Waals surface area (Å²) in [6, 6.07) is 28.5. The summed E-state index contributed by atoms with van der Waals surface area (Å²) < 4.78 is 7.99. The topological polar surface area (TPSA) is 42.3 Å². The number of hydrogen-bond acceptors (Lipinski definition) is 3. The molecule has 1 N–H and O–H groups in total. The second kappa shape index (κ2) is 8.48. The molecule has 5 rings (SSSR count). The number of benzene rings is 2. The van der Waals surface area contributed by atoms with Crippen LogP contribution in [-0.2, 0) is 0 Å². The second-order valence-corrected chi connectivity index (χ2v) is 8.13. The first-order valence-corrected chi connectivity index (χ1v) is 11.0. The number of anilines is 1. The van der Waals surface area contributed by atoms with Crippen molar-refractivity contribution in [2.75, 3.05) is 12.0 Å². The lowest BCUT2D eigenvalue weighted by molar-refractivity contribution is 0.414. The van der Waals surface area contributed by atoms with Crippen LogP contribution in [0.25, 0.3) is 5.69 Å². The number of ether oxygens (including phenoxy) is 1. The highest BCUT2D eigenvalue weighted by atomic mass is 32.1. The molecule has 2 atom stereocenters. The number of para-hydroxylation sites is 3. The first kappa shape index (κ1) is 20.3. The Morgan fingerprint density at radius 1 is 0.906 bits per heavy atom. The van der Waals surface area contributed by atoms with E-state index in [4.69, 9.17) is 17.0 Å². The minimum Gasteiger partial charge on any atom is -0.495 e. The number of aryl methyl sites for hydroxylation is 1. The van der Waals surface area contributed by atoms with Crippen LogP contribution in [-0.4, -0.2) is 21.8 Å². The van der Waals surface area contributed by atoms with E-state index in [1.165, 1.54) is 0 Å². The molecule has 0 unspecified atom stereocenters. The van der Waals surface area contributed by atoms with E-state index >= 15 is 0 Å². The summed E-state index contributed by atoms with van der Waals surface area (Å²) in [4.78, 5) is 6.82. The van der Waals surface area contributed by atoms with E-state index in [0.29, 0.717) is 5.11 Å². The van der Waals surface area contributed by atoms with Gasteiger partial charge in [0.05, 0.1) is 24.5 Å². The van der Waals surface area contributed by atoms with E-state index in [2.05, 4.69) is 63.1 Å². The van der Waals surface area contributed by atoms with Gasteiger partial charge >= 0.3 is 0 Å². The predicted octanol–water partition coefficient (Wildman–Crippen LogP) is 5.37. The van der Waals surface area contributed by atoms with Crippen molar-refractivity contribution in [1.29, 1.82) is 0 Å². The first-order valence-electron chi connectivity index (χ1n) is 10.6. The third-order valence-corrected chi connectivity index (χ3v) is 6.18. The van der Waals surface area contributed by atoms with Crippen LogP contribution >= 0.6 is 12.2 Å². The van der Waals surface area contributed by atoms with Gasteiger partial charge in [0, 0.05) is 23.3 Å². The first-order chi connectivity index (χ1) is 15.7. The molecule has 0 amide bonds. The normalized spacial score (nSPS) is 17.9. The van der Waals surface area contributed by atoms with Crippen molar-refractivity contribution in [1.82, 2.24) is 14.9 Å². The Kier molecular flexibility index (Phi) is 5.37.